The van der Waals surface area contributed by atoms with E-state index in [9.17, 15) is 18.0 Å². The van der Waals surface area contributed by atoms with Crippen LogP contribution in [0.25, 0.3) is 0 Å². The number of pyridine rings is 1. The first-order chi connectivity index (χ1) is 11.4. The van der Waals surface area contributed by atoms with E-state index in [1.165, 1.54) is 19.2 Å². The minimum atomic E-state index is -4.34. The highest BCUT2D eigenvalue weighted by Crippen LogP contribution is 2.29. The van der Waals surface area contributed by atoms with Gasteiger partial charge < -0.3 is 10.1 Å². The van der Waals surface area contributed by atoms with Gasteiger partial charge in [-0.2, -0.15) is 13.2 Å². The maximum Gasteiger partial charge on any atom is 0.416 e. The first kappa shape index (κ1) is 17.8. The second-order valence-corrected chi connectivity index (χ2v) is 5.14. The summed E-state index contributed by atoms with van der Waals surface area (Å²) in [5.41, 5.74) is 0.628. The second kappa shape index (κ2) is 7.81. The van der Waals surface area contributed by atoms with Crippen LogP contribution in [0.3, 0.4) is 0 Å². The van der Waals surface area contributed by atoms with Crippen LogP contribution in [0.15, 0.2) is 42.5 Å². The van der Waals surface area contributed by atoms with E-state index in [1.807, 2.05) is 0 Å². The Morgan fingerprint density at radius 3 is 2.50 bits per heavy atom. The average molecular weight is 338 g/mol. The Morgan fingerprint density at radius 2 is 1.88 bits per heavy atom. The van der Waals surface area contributed by atoms with E-state index in [4.69, 9.17) is 4.74 Å². The molecule has 0 unspecified atom stereocenters. The molecule has 2 rings (SSSR count). The number of alkyl halides is 3. The smallest absolute Gasteiger partial charge is 0.416 e. The molecular weight excluding hydrogens is 321 g/mol. The van der Waals surface area contributed by atoms with E-state index < -0.39 is 11.7 Å². The molecule has 4 nitrogen and oxygen atoms in total. The van der Waals surface area contributed by atoms with E-state index in [1.54, 1.807) is 18.2 Å². The number of methoxy groups -OCH3 is 1. The molecule has 2 aromatic rings. The number of aromatic nitrogens is 1. The van der Waals surface area contributed by atoms with Crippen molar-refractivity contribution in [2.75, 3.05) is 13.7 Å². The number of nitrogens with zero attached hydrogens (tertiary/aromatic N) is 1. The van der Waals surface area contributed by atoms with Crippen LogP contribution in [0.5, 0.6) is 5.88 Å². The van der Waals surface area contributed by atoms with Crippen molar-refractivity contribution in [2.24, 2.45) is 0 Å². The molecule has 24 heavy (non-hydrogen) atoms. The van der Waals surface area contributed by atoms with E-state index >= 15 is 0 Å². The molecule has 0 spiro atoms. The third kappa shape index (κ3) is 5.26. The molecule has 0 aliphatic carbocycles. The number of amides is 1. The Labute approximate surface area is 137 Å². The minimum Gasteiger partial charge on any atom is -0.481 e. The molecule has 1 heterocycles. The van der Waals surface area contributed by atoms with Crippen molar-refractivity contribution in [1.82, 2.24) is 10.3 Å². The summed E-state index contributed by atoms with van der Waals surface area (Å²) >= 11 is 0. The average Bonchev–Trinajstić information content (AvgIpc) is 2.54. The highest BCUT2D eigenvalue weighted by molar-refractivity contribution is 5.78. The minimum absolute atomic E-state index is 0.115. The molecule has 0 bridgehead atoms. The Hall–Kier alpha value is -2.57. The molecule has 1 aromatic carbocycles. The maximum absolute atomic E-state index is 12.5. The third-order valence-corrected chi connectivity index (χ3v) is 3.35. The molecule has 0 aliphatic heterocycles. The molecule has 1 amide bonds. The fourth-order valence-electron chi connectivity index (χ4n) is 2.10. The summed E-state index contributed by atoms with van der Waals surface area (Å²) in [5.74, 6) is 0.229. The molecular formula is C17H17F3N2O2. The van der Waals surface area contributed by atoms with Crippen LogP contribution in [0.4, 0.5) is 13.2 Å². The third-order valence-electron chi connectivity index (χ3n) is 3.35. The van der Waals surface area contributed by atoms with Crippen LogP contribution in [0, 0.1) is 0 Å². The Kier molecular flexibility index (Phi) is 5.78. The number of halogens is 3. The highest BCUT2D eigenvalue weighted by atomic mass is 19.4. The van der Waals surface area contributed by atoms with Gasteiger partial charge in [-0.3, -0.25) is 4.79 Å². The van der Waals surface area contributed by atoms with Gasteiger partial charge in [0.1, 0.15) is 0 Å². The fraction of sp³-hybridized carbons (Fsp3) is 0.294. The maximum atomic E-state index is 12.5. The Balaban J connectivity index is 1.80. The first-order valence-electron chi connectivity index (χ1n) is 7.31. The lowest BCUT2D eigenvalue weighted by Gasteiger charge is -2.08. The van der Waals surface area contributed by atoms with Crippen LogP contribution in [-0.4, -0.2) is 24.5 Å². The van der Waals surface area contributed by atoms with Crippen LogP contribution in [-0.2, 0) is 23.8 Å². The number of hydrogen-bond donors (Lipinski definition) is 1. The molecule has 128 valence electrons. The van der Waals surface area contributed by atoms with Gasteiger partial charge in [-0.1, -0.05) is 18.2 Å². The predicted molar refractivity (Wildman–Crippen MR) is 82.7 cm³/mol. The van der Waals surface area contributed by atoms with Crippen LogP contribution < -0.4 is 10.1 Å². The van der Waals surface area contributed by atoms with Crippen molar-refractivity contribution in [3.63, 3.8) is 0 Å². The molecule has 1 N–H and O–H groups in total. The SMILES string of the molecule is COc1cccc(CC(=O)NCCc2ccc(C(F)(F)F)cc2)n1. The fourth-order valence-corrected chi connectivity index (χ4v) is 2.10. The van der Waals surface area contributed by atoms with Crippen molar-refractivity contribution < 1.29 is 22.7 Å². The van der Waals surface area contributed by atoms with E-state index in [0.717, 1.165) is 17.7 Å². The topological polar surface area (TPSA) is 51.2 Å². The van der Waals surface area contributed by atoms with E-state index in [2.05, 4.69) is 10.3 Å². The number of benzene rings is 1. The lowest BCUT2D eigenvalue weighted by molar-refractivity contribution is -0.137. The predicted octanol–water partition coefficient (Wildman–Crippen LogP) is 3.01. The summed E-state index contributed by atoms with van der Waals surface area (Å²) < 4.78 is 42.4. The zero-order valence-corrected chi connectivity index (χ0v) is 13.1. The standard InChI is InChI=1S/C17H17F3N2O2/c1-24-16-4-2-3-14(22-16)11-15(23)21-10-9-12-5-7-13(8-6-12)17(18,19)20/h2-8H,9-11H2,1H3,(H,21,23). The van der Waals surface area contributed by atoms with Crippen LogP contribution in [0.2, 0.25) is 0 Å². The second-order valence-electron chi connectivity index (χ2n) is 5.14. The van der Waals surface area contributed by atoms with Crippen LogP contribution in [0.1, 0.15) is 16.8 Å². The molecule has 0 radical (unpaired) electrons. The Bertz CT molecular complexity index is 685. The number of ether oxygens (including phenoxy) is 1. The summed E-state index contributed by atoms with van der Waals surface area (Å²) in [6.45, 7) is 0.341. The summed E-state index contributed by atoms with van der Waals surface area (Å²) in [6.07, 6.45) is -3.77. The van der Waals surface area contributed by atoms with Crippen molar-refractivity contribution in [2.45, 2.75) is 19.0 Å². The normalized spacial score (nSPS) is 11.2. The highest BCUT2D eigenvalue weighted by Gasteiger charge is 2.29. The molecule has 0 saturated heterocycles. The van der Waals surface area contributed by atoms with Crippen molar-refractivity contribution in [3.05, 3.63) is 59.3 Å². The zero-order chi connectivity index (χ0) is 17.6. The molecule has 0 saturated carbocycles. The van der Waals surface area contributed by atoms with Gasteiger partial charge in [0.2, 0.25) is 11.8 Å². The number of rotatable bonds is 6. The zero-order valence-electron chi connectivity index (χ0n) is 13.1. The van der Waals surface area contributed by atoms with E-state index in [0.29, 0.717) is 24.5 Å². The first-order valence-corrected chi connectivity index (χ1v) is 7.31. The number of hydrogen-bond acceptors (Lipinski definition) is 3. The van der Waals surface area contributed by atoms with E-state index in [-0.39, 0.29) is 12.3 Å². The lowest BCUT2D eigenvalue weighted by atomic mass is 10.1. The summed E-state index contributed by atoms with van der Waals surface area (Å²) in [4.78, 5) is 16.0. The summed E-state index contributed by atoms with van der Waals surface area (Å²) in [5, 5.41) is 2.72. The van der Waals surface area contributed by atoms with Gasteiger partial charge in [0.25, 0.3) is 0 Å². The largest absolute Gasteiger partial charge is 0.481 e. The number of carbonyl (C=O) groups is 1. The van der Waals surface area contributed by atoms with Gasteiger partial charge in [0, 0.05) is 12.6 Å². The monoisotopic (exact) mass is 338 g/mol. The molecule has 0 aliphatic rings. The van der Waals surface area contributed by atoms with Gasteiger partial charge >= 0.3 is 6.18 Å². The quantitative estimate of drug-likeness (QED) is 0.881. The van der Waals surface area contributed by atoms with Crippen molar-refractivity contribution in [3.8, 4) is 5.88 Å². The van der Waals surface area contributed by atoms with Gasteiger partial charge in [-0.15, -0.1) is 0 Å². The molecule has 0 fully saturated rings. The van der Waals surface area contributed by atoms with Gasteiger partial charge in [0.15, 0.2) is 0 Å². The molecule has 7 heteroatoms. The number of nitrogens with one attached hydrogen (secondary N) is 1. The lowest BCUT2D eigenvalue weighted by Crippen LogP contribution is -2.27. The summed E-state index contributed by atoms with van der Waals surface area (Å²) in [7, 11) is 1.50. The van der Waals surface area contributed by atoms with Gasteiger partial charge in [-0.05, 0) is 30.2 Å². The van der Waals surface area contributed by atoms with Crippen molar-refractivity contribution in [1.29, 1.82) is 0 Å². The van der Waals surface area contributed by atoms with Crippen LogP contribution >= 0.6 is 0 Å². The molecule has 0 atom stereocenters. The van der Waals surface area contributed by atoms with Gasteiger partial charge in [0.05, 0.1) is 24.8 Å². The Morgan fingerprint density at radius 1 is 1.17 bits per heavy atom. The van der Waals surface area contributed by atoms with Crippen molar-refractivity contribution >= 4 is 5.91 Å². The summed E-state index contributed by atoms with van der Waals surface area (Å²) in [6, 6.07) is 10.1. The number of carbonyl (C=O) groups excluding carboxylic acids is 1. The van der Waals surface area contributed by atoms with Gasteiger partial charge in [-0.25, -0.2) is 4.98 Å². The molecule has 1 aromatic heterocycles.